The fourth-order valence-corrected chi connectivity index (χ4v) is 4.23. The average Bonchev–Trinajstić information content (AvgIpc) is 3.40. The van der Waals surface area contributed by atoms with E-state index in [-0.39, 0.29) is 17.3 Å². The van der Waals surface area contributed by atoms with Crippen LogP contribution in [0.15, 0.2) is 66.2 Å². The van der Waals surface area contributed by atoms with Crippen molar-refractivity contribution in [3.63, 3.8) is 0 Å². The summed E-state index contributed by atoms with van der Waals surface area (Å²) in [7, 11) is 1.94. The zero-order chi connectivity index (χ0) is 23.8. The van der Waals surface area contributed by atoms with Crippen LogP contribution >= 0.6 is 0 Å². The van der Waals surface area contributed by atoms with Gasteiger partial charge in [-0.25, -0.2) is 0 Å². The zero-order valence-electron chi connectivity index (χ0n) is 19.0. The molecule has 0 atom stereocenters. The van der Waals surface area contributed by atoms with Crippen molar-refractivity contribution in [1.29, 1.82) is 0 Å². The second-order valence-corrected chi connectivity index (χ2v) is 8.62. The van der Waals surface area contributed by atoms with E-state index in [1.807, 2.05) is 79.5 Å². The number of aromatic hydroxyl groups is 1. The van der Waals surface area contributed by atoms with Crippen LogP contribution in [-0.2, 0) is 16.1 Å². The number of nitrogens with zero attached hydrogens (tertiary/aromatic N) is 4. The van der Waals surface area contributed by atoms with Gasteiger partial charge < -0.3 is 10.0 Å². The number of phenols is 1. The molecule has 3 aromatic carbocycles. The fraction of sp³-hybridized carbons (Fsp3) is 0.185. The van der Waals surface area contributed by atoms with E-state index in [0.29, 0.717) is 30.6 Å². The number of aryl methyl sites for hydroxylation is 1. The van der Waals surface area contributed by atoms with E-state index in [9.17, 15) is 14.7 Å². The predicted octanol–water partition coefficient (Wildman–Crippen LogP) is 4.39. The molecule has 4 aromatic rings. The molecule has 0 saturated heterocycles. The Hall–Kier alpha value is -4.26. The van der Waals surface area contributed by atoms with Crippen molar-refractivity contribution in [2.45, 2.75) is 26.3 Å². The summed E-state index contributed by atoms with van der Waals surface area (Å²) < 4.78 is 0. The number of anilines is 1. The van der Waals surface area contributed by atoms with Gasteiger partial charge in [0.2, 0.25) is 0 Å². The molecule has 1 aliphatic carbocycles. The van der Waals surface area contributed by atoms with Crippen LogP contribution in [0.4, 0.5) is 5.69 Å². The molecule has 0 amide bonds. The molecule has 7 heteroatoms. The number of fused-ring (bicyclic) bond motifs is 1. The number of carbonyl (C=O) groups is 2. The number of hydrogen-bond acceptors (Lipinski definition) is 6. The number of ketones is 2. The van der Waals surface area contributed by atoms with E-state index in [2.05, 4.69) is 10.2 Å². The minimum Gasteiger partial charge on any atom is -0.505 e. The minimum atomic E-state index is -0.0866. The van der Waals surface area contributed by atoms with Gasteiger partial charge in [0.15, 0.2) is 11.6 Å². The fourth-order valence-electron chi connectivity index (χ4n) is 4.23. The number of phenolic OH excluding ortho intramolecular Hbond substituents is 1. The van der Waals surface area contributed by atoms with Gasteiger partial charge in [0.05, 0.1) is 5.57 Å². The van der Waals surface area contributed by atoms with Crippen LogP contribution in [0.2, 0.25) is 0 Å². The number of hydrogen-bond donors (Lipinski definition) is 1. The largest absolute Gasteiger partial charge is 0.505 e. The monoisotopic (exact) mass is 452 g/mol. The van der Waals surface area contributed by atoms with Gasteiger partial charge in [0.1, 0.15) is 22.5 Å². The number of benzene rings is 3. The Morgan fingerprint density at radius 1 is 0.971 bits per heavy atom. The van der Waals surface area contributed by atoms with Gasteiger partial charge in [0.25, 0.3) is 0 Å². The molecule has 170 valence electrons. The van der Waals surface area contributed by atoms with Crippen molar-refractivity contribution < 1.29 is 14.7 Å². The highest BCUT2D eigenvalue weighted by molar-refractivity contribution is 6.27. The molecule has 1 fully saturated rings. The highest BCUT2D eigenvalue weighted by Gasteiger charge is 2.25. The Bertz CT molecular complexity index is 1400. The molecule has 1 aromatic heterocycles. The normalized spacial score (nSPS) is 13.6. The summed E-state index contributed by atoms with van der Waals surface area (Å²) in [5.41, 5.74) is 5.85. The molecule has 5 rings (SSSR count). The van der Waals surface area contributed by atoms with E-state index in [0.717, 1.165) is 33.4 Å². The number of allylic oxidation sites excluding steroid dienone is 1. The third-order valence-electron chi connectivity index (χ3n) is 6.05. The summed E-state index contributed by atoms with van der Waals surface area (Å²) >= 11 is 0. The van der Waals surface area contributed by atoms with Crippen LogP contribution in [0.25, 0.3) is 22.8 Å². The smallest absolute Gasteiger partial charge is 0.166 e. The SMILES string of the molecule is Cc1cc(CN(C)c2ccc(C=C3C(=O)CCC3=O)cc2)c(O)c(-n2nc3ccccc3n2)c1. The first-order valence-electron chi connectivity index (χ1n) is 11.1. The van der Waals surface area contributed by atoms with Gasteiger partial charge in [-0.3, -0.25) is 9.59 Å². The summed E-state index contributed by atoms with van der Waals surface area (Å²) in [6, 6.07) is 19.1. The molecule has 1 N–H and O–H groups in total. The molecule has 0 radical (unpaired) electrons. The molecule has 0 spiro atoms. The lowest BCUT2D eigenvalue weighted by atomic mass is 10.1. The van der Waals surface area contributed by atoms with Crippen LogP contribution < -0.4 is 4.90 Å². The van der Waals surface area contributed by atoms with Crippen molar-refractivity contribution in [3.05, 3.63) is 82.9 Å². The molecule has 0 aliphatic heterocycles. The molecule has 34 heavy (non-hydrogen) atoms. The topological polar surface area (TPSA) is 88.3 Å². The van der Waals surface area contributed by atoms with Gasteiger partial charge in [-0.05, 0) is 54.5 Å². The molecule has 1 saturated carbocycles. The van der Waals surface area contributed by atoms with Gasteiger partial charge in [0, 0.05) is 37.7 Å². The van der Waals surface area contributed by atoms with E-state index in [1.165, 1.54) is 4.80 Å². The Labute approximate surface area is 196 Å². The lowest BCUT2D eigenvalue weighted by Gasteiger charge is -2.21. The first-order chi connectivity index (χ1) is 16.4. The Kier molecular flexibility index (Phi) is 5.45. The highest BCUT2D eigenvalue weighted by Crippen LogP contribution is 2.30. The maximum absolute atomic E-state index is 11.9. The molecular weight excluding hydrogens is 428 g/mol. The summed E-state index contributed by atoms with van der Waals surface area (Å²) in [4.78, 5) is 27.3. The minimum absolute atomic E-state index is 0.0866. The van der Waals surface area contributed by atoms with E-state index >= 15 is 0 Å². The molecule has 0 bridgehead atoms. The Balaban J connectivity index is 1.39. The maximum atomic E-state index is 11.9. The summed E-state index contributed by atoms with van der Waals surface area (Å²) in [5.74, 6) is -0.0367. The zero-order valence-corrected chi connectivity index (χ0v) is 19.0. The van der Waals surface area contributed by atoms with Crippen LogP contribution in [0.3, 0.4) is 0 Å². The van der Waals surface area contributed by atoms with E-state index in [4.69, 9.17) is 0 Å². The molecule has 1 heterocycles. The van der Waals surface area contributed by atoms with E-state index < -0.39 is 0 Å². The standard InChI is InChI=1S/C27H24N4O3/c1-17-13-19(27(34)24(14-17)31-28-22-5-3-4-6-23(22)29-31)16-30(2)20-9-7-18(8-10-20)15-21-25(32)11-12-26(21)33/h3-10,13-15,34H,11-12,16H2,1-2H3. The summed E-state index contributed by atoms with van der Waals surface area (Å²) in [5, 5.41) is 20.1. The summed E-state index contributed by atoms with van der Waals surface area (Å²) in [6.45, 7) is 2.45. The van der Waals surface area contributed by atoms with Gasteiger partial charge >= 0.3 is 0 Å². The Morgan fingerprint density at radius 2 is 1.59 bits per heavy atom. The van der Waals surface area contributed by atoms with Gasteiger partial charge in [-0.2, -0.15) is 0 Å². The van der Waals surface area contributed by atoms with Crippen molar-refractivity contribution in [1.82, 2.24) is 15.0 Å². The average molecular weight is 453 g/mol. The van der Waals surface area contributed by atoms with E-state index in [1.54, 1.807) is 6.08 Å². The third kappa shape index (κ3) is 4.08. The van der Waals surface area contributed by atoms with Crippen molar-refractivity contribution in [3.8, 4) is 11.4 Å². The number of Topliss-reactive ketones (excluding diaryl/α,β-unsaturated/α-hetero) is 2. The van der Waals surface area contributed by atoms with Crippen LogP contribution in [0.5, 0.6) is 5.75 Å². The van der Waals surface area contributed by atoms with Crippen molar-refractivity contribution in [2.24, 2.45) is 0 Å². The first kappa shape index (κ1) is 21.6. The van der Waals surface area contributed by atoms with Crippen LogP contribution in [-0.4, -0.2) is 38.7 Å². The molecule has 7 nitrogen and oxygen atoms in total. The highest BCUT2D eigenvalue weighted by atomic mass is 16.3. The van der Waals surface area contributed by atoms with Gasteiger partial charge in [-0.1, -0.05) is 30.3 Å². The lowest BCUT2D eigenvalue weighted by Crippen LogP contribution is -2.17. The second kappa shape index (κ2) is 8.59. The van der Waals surface area contributed by atoms with Crippen molar-refractivity contribution >= 4 is 34.4 Å². The van der Waals surface area contributed by atoms with Crippen molar-refractivity contribution in [2.75, 3.05) is 11.9 Å². The number of carbonyl (C=O) groups excluding carboxylic acids is 2. The first-order valence-corrected chi connectivity index (χ1v) is 11.1. The number of rotatable bonds is 5. The maximum Gasteiger partial charge on any atom is 0.166 e. The van der Waals surface area contributed by atoms with Crippen LogP contribution in [0.1, 0.15) is 29.5 Å². The Morgan fingerprint density at radius 3 is 2.21 bits per heavy atom. The molecule has 1 aliphatic rings. The molecular formula is C27H24N4O3. The lowest BCUT2D eigenvalue weighted by molar-refractivity contribution is -0.116. The van der Waals surface area contributed by atoms with Crippen LogP contribution in [0, 0.1) is 6.92 Å². The summed E-state index contributed by atoms with van der Waals surface area (Å²) in [6.07, 6.45) is 2.27. The predicted molar refractivity (Wildman–Crippen MR) is 131 cm³/mol. The second-order valence-electron chi connectivity index (χ2n) is 8.62. The number of aromatic nitrogens is 3. The molecule has 0 unspecified atom stereocenters. The quantitative estimate of drug-likeness (QED) is 0.357. The third-order valence-corrected chi connectivity index (χ3v) is 6.05. The van der Waals surface area contributed by atoms with Gasteiger partial charge in [-0.15, -0.1) is 15.0 Å².